The fraction of sp³-hybridized carbons (Fsp3) is 0.250. The average molecular weight is 569 g/mol. The van der Waals surface area contributed by atoms with E-state index < -0.39 is 5.41 Å². The van der Waals surface area contributed by atoms with Crippen LogP contribution in [0.15, 0.2) is 54.9 Å². The summed E-state index contributed by atoms with van der Waals surface area (Å²) in [5.41, 5.74) is 2.42. The molecule has 0 spiro atoms. The SMILES string of the molecule is CNc1nc(-c2cncc(OC)c2)nc2cc(NC(=O)c3cc(CNC(=O)C(C)(C)C)ccc3Cl)ccc12.Cl. The molecule has 2 amide bonds. The molecule has 0 fully saturated rings. The van der Waals surface area contributed by atoms with Gasteiger partial charge in [0.05, 0.1) is 29.4 Å². The standard InChI is InChI=1S/C28H29ClN6O3.ClH/c1-28(2,3)27(37)32-13-16-6-9-22(29)21(10-16)26(36)33-18-7-8-20-23(12-18)34-24(35-25(20)30-4)17-11-19(38-5)15-31-14-17;/h6-12,14-15H,13H2,1-5H3,(H,32,37)(H,33,36)(H,30,34,35);1H. The minimum absolute atomic E-state index is 0. The summed E-state index contributed by atoms with van der Waals surface area (Å²) in [4.78, 5) is 38.9. The van der Waals surface area contributed by atoms with Gasteiger partial charge in [0.25, 0.3) is 5.91 Å². The third-order valence-corrected chi connectivity index (χ3v) is 6.14. The van der Waals surface area contributed by atoms with Crippen molar-refractivity contribution in [1.82, 2.24) is 20.3 Å². The van der Waals surface area contributed by atoms with Gasteiger partial charge in [-0.1, -0.05) is 38.4 Å². The van der Waals surface area contributed by atoms with Crippen molar-refractivity contribution in [3.8, 4) is 17.1 Å². The predicted molar refractivity (Wildman–Crippen MR) is 157 cm³/mol. The Bertz CT molecular complexity index is 1520. The number of hydrogen-bond acceptors (Lipinski definition) is 7. The minimum Gasteiger partial charge on any atom is -0.495 e. The van der Waals surface area contributed by atoms with E-state index in [-0.39, 0.29) is 30.8 Å². The number of rotatable bonds is 7. The topological polar surface area (TPSA) is 118 Å². The fourth-order valence-electron chi connectivity index (χ4n) is 3.68. The van der Waals surface area contributed by atoms with Crippen LogP contribution in [0, 0.1) is 5.41 Å². The first-order chi connectivity index (χ1) is 18.1. The van der Waals surface area contributed by atoms with Gasteiger partial charge in [0.15, 0.2) is 5.82 Å². The van der Waals surface area contributed by atoms with Crippen molar-refractivity contribution in [3.05, 3.63) is 71.0 Å². The molecule has 0 saturated heterocycles. The number of amides is 2. The largest absolute Gasteiger partial charge is 0.495 e. The van der Waals surface area contributed by atoms with Crippen LogP contribution in [0.1, 0.15) is 36.7 Å². The maximum absolute atomic E-state index is 13.2. The molecule has 39 heavy (non-hydrogen) atoms. The van der Waals surface area contributed by atoms with E-state index in [0.717, 1.165) is 10.9 Å². The molecule has 4 rings (SSSR count). The zero-order chi connectivity index (χ0) is 27.4. The molecule has 0 atom stereocenters. The zero-order valence-electron chi connectivity index (χ0n) is 22.3. The van der Waals surface area contributed by atoms with Gasteiger partial charge in [-0.2, -0.15) is 0 Å². The van der Waals surface area contributed by atoms with E-state index in [1.807, 2.05) is 26.8 Å². The molecule has 0 saturated carbocycles. The molecule has 11 heteroatoms. The third kappa shape index (κ3) is 6.93. The molecular formula is C28H30Cl2N6O3. The summed E-state index contributed by atoms with van der Waals surface area (Å²) in [5.74, 6) is 1.24. The highest BCUT2D eigenvalue weighted by Crippen LogP contribution is 2.28. The normalized spacial score (nSPS) is 10.9. The molecule has 4 aromatic rings. The number of nitrogens with one attached hydrogen (secondary N) is 3. The molecule has 0 unspecified atom stereocenters. The Hall–Kier alpha value is -3.95. The number of methoxy groups -OCH3 is 1. The third-order valence-electron chi connectivity index (χ3n) is 5.81. The Labute approximate surface area is 238 Å². The number of aromatic nitrogens is 3. The maximum Gasteiger partial charge on any atom is 0.257 e. The number of benzene rings is 2. The van der Waals surface area contributed by atoms with Crippen molar-refractivity contribution < 1.29 is 14.3 Å². The van der Waals surface area contributed by atoms with Gasteiger partial charge in [-0.25, -0.2) is 9.97 Å². The Kier molecular flexibility index (Phi) is 9.32. The maximum atomic E-state index is 13.2. The van der Waals surface area contributed by atoms with Gasteiger partial charge in [0, 0.05) is 41.8 Å². The Morgan fingerprint density at radius 2 is 1.79 bits per heavy atom. The van der Waals surface area contributed by atoms with Crippen LogP contribution >= 0.6 is 24.0 Å². The second kappa shape index (κ2) is 12.3. The predicted octanol–water partition coefficient (Wildman–Crippen LogP) is 5.73. The second-order valence-corrected chi connectivity index (χ2v) is 10.1. The van der Waals surface area contributed by atoms with Crippen molar-refractivity contribution >= 4 is 58.2 Å². The first kappa shape index (κ1) is 29.6. The number of nitrogens with zero attached hydrogens (tertiary/aromatic N) is 3. The number of pyridine rings is 1. The zero-order valence-corrected chi connectivity index (χ0v) is 23.8. The molecule has 2 aromatic carbocycles. The van der Waals surface area contributed by atoms with Crippen LogP contribution in [0.2, 0.25) is 5.02 Å². The molecule has 0 aliphatic heterocycles. The molecular weight excluding hydrogens is 539 g/mol. The Balaban J connectivity index is 0.00000420. The van der Waals surface area contributed by atoms with E-state index in [9.17, 15) is 9.59 Å². The van der Waals surface area contributed by atoms with Crippen LogP contribution in [0.25, 0.3) is 22.3 Å². The van der Waals surface area contributed by atoms with Crippen LogP contribution in [0.5, 0.6) is 5.75 Å². The van der Waals surface area contributed by atoms with Gasteiger partial charge in [-0.05, 0) is 42.0 Å². The van der Waals surface area contributed by atoms with Crippen molar-refractivity contribution in [2.24, 2.45) is 5.41 Å². The molecule has 3 N–H and O–H groups in total. The summed E-state index contributed by atoms with van der Waals surface area (Å²) in [6.07, 6.45) is 3.27. The van der Waals surface area contributed by atoms with Gasteiger partial charge < -0.3 is 20.7 Å². The van der Waals surface area contributed by atoms with E-state index in [0.29, 0.717) is 44.7 Å². The molecule has 0 aliphatic rings. The van der Waals surface area contributed by atoms with Gasteiger partial charge in [0.1, 0.15) is 11.6 Å². The Morgan fingerprint density at radius 1 is 1.03 bits per heavy atom. The lowest BCUT2D eigenvalue weighted by Gasteiger charge is -2.18. The number of anilines is 2. The number of ether oxygens (including phenoxy) is 1. The molecule has 2 heterocycles. The lowest BCUT2D eigenvalue weighted by Crippen LogP contribution is -2.34. The number of halogens is 2. The van der Waals surface area contributed by atoms with Gasteiger partial charge in [-0.15, -0.1) is 12.4 Å². The van der Waals surface area contributed by atoms with Crippen LogP contribution in [-0.2, 0) is 11.3 Å². The lowest BCUT2D eigenvalue weighted by molar-refractivity contribution is -0.128. The van der Waals surface area contributed by atoms with Gasteiger partial charge in [-0.3, -0.25) is 14.6 Å². The van der Waals surface area contributed by atoms with Gasteiger partial charge in [0.2, 0.25) is 5.91 Å². The van der Waals surface area contributed by atoms with Crippen molar-refractivity contribution in [2.75, 3.05) is 24.8 Å². The molecule has 9 nitrogen and oxygen atoms in total. The average Bonchev–Trinajstić information content (AvgIpc) is 2.90. The highest BCUT2D eigenvalue weighted by molar-refractivity contribution is 6.34. The fourth-order valence-corrected chi connectivity index (χ4v) is 3.89. The summed E-state index contributed by atoms with van der Waals surface area (Å²) < 4.78 is 5.27. The number of carbonyl (C=O) groups is 2. The monoisotopic (exact) mass is 568 g/mol. The highest BCUT2D eigenvalue weighted by Gasteiger charge is 2.21. The van der Waals surface area contributed by atoms with Gasteiger partial charge >= 0.3 is 0 Å². The van der Waals surface area contributed by atoms with E-state index >= 15 is 0 Å². The first-order valence-corrected chi connectivity index (χ1v) is 12.3. The van der Waals surface area contributed by atoms with E-state index in [1.54, 1.807) is 62.9 Å². The molecule has 204 valence electrons. The molecule has 2 aromatic heterocycles. The minimum atomic E-state index is -0.512. The summed E-state index contributed by atoms with van der Waals surface area (Å²) >= 11 is 6.35. The van der Waals surface area contributed by atoms with Crippen molar-refractivity contribution in [3.63, 3.8) is 0 Å². The van der Waals surface area contributed by atoms with Crippen LogP contribution in [0.4, 0.5) is 11.5 Å². The number of fused-ring (bicyclic) bond motifs is 1. The van der Waals surface area contributed by atoms with E-state index in [2.05, 4.69) is 25.9 Å². The quantitative estimate of drug-likeness (QED) is 0.260. The van der Waals surface area contributed by atoms with Crippen molar-refractivity contribution in [2.45, 2.75) is 27.3 Å². The van der Waals surface area contributed by atoms with E-state index in [4.69, 9.17) is 21.3 Å². The molecule has 0 radical (unpaired) electrons. The molecule has 0 bridgehead atoms. The van der Waals surface area contributed by atoms with Crippen LogP contribution in [-0.4, -0.2) is 40.9 Å². The van der Waals surface area contributed by atoms with E-state index in [1.165, 1.54) is 0 Å². The number of hydrogen-bond donors (Lipinski definition) is 3. The van der Waals surface area contributed by atoms with Crippen LogP contribution < -0.4 is 20.7 Å². The van der Waals surface area contributed by atoms with Crippen LogP contribution in [0.3, 0.4) is 0 Å². The summed E-state index contributed by atoms with van der Waals surface area (Å²) in [5, 5.41) is 9.98. The highest BCUT2D eigenvalue weighted by atomic mass is 35.5. The Morgan fingerprint density at radius 3 is 2.49 bits per heavy atom. The summed E-state index contributed by atoms with van der Waals surface area (Å²) in [6, 6.07) is 12.3. The molecule has 0 aliphatic carbocycles. The summed E-state index contributed by atoms with van der Waals surface area (Å²) in [7, 11) is 3.35. The lowest BCUT2D eigenvalue weighted by atomic mass is 9.95. The first-order valence-electron chi connectivity index (χ1n) is 12.0. The van der Waals surface area contributed by atoms with Crippen molar-refractivity contribution in [1.29, 1.82) is 0 Å². The second-order valence-electron chi connectivity index (χ2n) is 9.69. The number of carbonyl (C=O) groups excluding carboxylic acids is 2. The summed E-state index contributed by atoms with van der Waals surface area (Å²) in [6.45, 7) is 5.81. The smallest absolute Gasteiger partial charge is 0.257 e.